The molecule has 0 aliphatic rings. The third kappa shape index (κ3) is 4.42. The average molecular weight is 366 g/mol. The van der Waals surface area contributed by atoms with Crippen LogP contribution in [0.15, 0.2) is 36.5 Å². The third-order valence-corrected chi connectivity index (χ3v) is 3.38. The van der Waals surface area contributed by atoms with Gasteiger partial charge in [0.15, 0.2) is 6.61 Å². The van der Waals surface area contributed by atoms with Crippen LogP contribution < -0.4 is 5.32 Å². The van der Waals surface area contributed by atoms with Gasteiger partial charge >= 0.3 is 5.97 Å². The second-order valence-electron chi connectivity index (χ2n) is 4.88. The Hall–Kier alpha value is -3.20. The predicted octanol–water partition coefficient (Wildman–Crippen LogP) is 1.70. The Bertz CT molecular complexity index is 861. The minimum atomic E-state index is -1.08. The lowest BCUT2D eigenvalue weighted by atomic mass is 10.2. The van der Waals surface area contributed by atoms with Crippen molar-refractivity contribution in [3.05, 3.63) is 62.9 Å². The number of aromatic nitrogens is 1. The standard InChI is InChI=1S/C15H12ClN3O6/c1-18-6-2-3-11(18)14(21)17-13(20)8-25-15(22)10-5-4-9(16)7-12(10)19(23)24/h2-7H,8H2,1H3,(H,17,20,21). The maximum absolute atomic E-state index is 11.9. The molecule has 10 heteroatoms. The summed E-state index contributed by atoms with van der Waals surface area (Å²) in [6.45, 7) is -0.769. The number of hydrogen-bond donors (Lipinski definition) is 1. The van der Waals surface area contributed by atoms with E-state index in [0.29, 0.717) is 0 Å². The summed E-state index contributed by atoms with van der Waals surface area (Å²) in [6, 6.07) is 6.53. The monoisotopic (exact) mass is 365 g/mol. The number of nitro groups is 1. The van der Waals surface area contributed by atoms with Gasteiger partial charge in [0, 0.05) is 24.3 Å². The third-order valence-electron chi connectivity index (χ3n) is 3.14. The first kappa shape index (κ1) is 18.1. The normalized spacial score (nSPS) is 10.2. The van der Waals surface area contributed by atoms with Gasteiger partial charge in [-0.1, -0.05) is 11.6 Å². The number of esters is 1. The van der Waals surface area contributed by atoms with Crippen molar-refractivity contribution in [3.63, 3.8) is 0 Å². The van der Waals surface area contributed by atoms with E-state index in [1.54, 1.807) is 19.3 Å². The molecule has 0 saturated carbocycles. The highest BCUT2D eigenvalue weighted by Gasteiger charge is 2.23. The van der Waals surface area contributed by atoms with E-state index in [4.69, 9.17) is 16.3 Å². The molecule has 2 rings (SSSR count). The zero-order valence-corrected chi connectivity index (χ0v) is 13.6. The lowest BCUT2D eigenvalue weighted by molar-refractivity contribution is -0.385. The van der Waals surface area contributed by atoms with Crippen LogP contribution in [0.3, 0.4) is 0 Å². The quantitative estimate of drug-likeness (QED) is 0.489. The molecule has 9 nitrogen and oxygen atoms in total. The SMILES string of the molecule is Cn1cccc1C(=O)NC(=O)COC(=O)c1ccc(Cl)cc1[N+](=O)[O-]. The Morgan fingerprint density at radius 2 is 2.04 bits per heavy atom. The van der Waals surface area contributed by atoms with E-state index >= 15 is 0 Å². The van der Waals surface area contributed by atoms with Crippen LogP contribution in [-0.4, -0.2) is 33.9 Å². The lowest BCUT2D eigenvalue weighted by Crippen LogP contribution is -2.35. The van der Waals surface area contributed by atoms with Crippen molar-refractivity contribution in [2.24, 2.45) is 7.05 Å². The van der Waals surface area contributed by atoms with Gasteiger partial charge in [-0.15, -0.1) is 0 Å². The van der Waals surface area contributed by atoms with Crippen molar-refractivity contribution >= 4 is 35.1 Å². The zero-order valence-electron chi connectivity index (χ0n) is 12.9. The number of nitrogens with zero attached hydrogens (tertiary/aromatic N) is 2. The molecule has 0 fully saturated rings. The number of nitrogens with one attached hydrogen (secondary N) is 1. The number of halogens is 1. The molecule has 0 radical (unpaired) electrons. The summed E-state index contributed by atoms with van der Waals surface area (Å²) in [4.78, 5) is 45.6. The summed E-state index contributed by atoms with van der Waals surface area (Å²) < 4.78 is 6.22. The molecule has 0 saturated heterocycles. The van der Waals surface area contributed by atoms with Gasteiger partial charge < -0.3 is 9.30 Å². The van der Waals surface area contributed by atoms with Crippen molar-refractivity contribution < 1.29 is 24.0 Å². The summed E-state index contributed by atoms with van der Waals surface area (Å²) >= 11 is 5.65. The molecule has 0 atom stereocenters. The second-order valence-corrected chi connectivity index (χ2v) is 5.31. The van der Waals surface area contributed by atoms with Crippen LogP contribution in [0.2, 0.25) is 5.02 Å². The minimum Gasteiger partial charge on any atom is -0.452 e. The Morgan fingerprint density at radius 3 is 2.64 bits per heavy atom. The van der Waals surface area contributed by atoms with E-state index in [0.717, 1.165) is 12.1 Å². The van der Waals surface area contributed by atoms with Crippen molar-refractivity contribution in [1.82, 2.24) is 9.88 Å². The summed E-state index contributed by atoms with van der Waals surface area (Å²) in [5.41, 5.74) is -0.651. The number of carbonyl (C=O) groups excluding carboxylic acids is 3. The van der Waals surface area contributed by atoms with Crippen LogP contribution in [-0.2, 0) is 16.6 Å². The van der Waals surface area contributed by atoms with Gasteiger partial charge in [0.1, 0.15) is 11.3 Å². The summed E-state index contributed by atoms with van der Waals surface area (Å²) in [6.07, 6.45) is 1.62. The number of aryl methyl sites for hydroxylation is 1. The molecule has 0 unspecified atom stereocenters. The van der Waals surface area contributed by atoms with Crippen LogP contribution in [0.5, 0.6) is 0 Å². The number of rotatable bonds is 5. The van der Waals surface area contributed by atoms with E-state index in [1.807, 2.05) is 5.32 Å². The molecule has 1 aromatic heterocycles. The smallest absolute Gasteiger partial charge is 0.345 e. The molecular weight excluding hydrogens is 354 g/mol. The molecular formula is C15H12ClN3O6. The molecule has 2 aromatic rings. The van der Waals surface area contributed by atoms with Gasteiger partial charge in [-0.05, 0) is 24.3 Å². The van der Waals surface area contributed by atoms with Crippen LogP contribution in [0.4, 0.5) is 5.69 Å². The lowest BCUT2D eigenvalue weighted by Gasteiger charge is -2.07. The minimum absolute atomic E-state index is 0.0779. The van der Waals surface area contributed by atoms with Gasteiger partial charge in [-0.2, -0.15) is 0 Å². The number of ether oxygens (including phenoxy) is 1. The van der Waals surface area contributed by atoms with Gasteiger partial charge in [0.05, 0.1) is 4.92 Å². The first-order valence-corrected chi connectivity index (χ1v) is 7.24. The second kappa shape index (κ2) is 7.58. The molecule has 0 spiro atoms. The van der Waals surface area contributed by atoms with Gasteiger partial charge in [0.25, 0.3) is 17.5 Å². The fraction of sp³-hybridized carbons (Fsp3) is 0.133. The largest absolute Gasteiger partial charge is 0.452 e. The Kier molecular flexibility index (Phi) is 5.50. The maximum atomic E-state index is 11.9. The Balaban J connectivity index is 1.98. The van der Waals surface area contributed by atoms with Crippen LogP contribution >= 0.6 is 11.6 Å². The van der Waals surface area contributed by atoms with E-state index in [2.05, 4.69) is 0 Å². The van der Waals surface area contributed by atoms with Crippen LogP contribution in [0, 0.1) is 10.1 Å². The van der Waals surface area contributed by atoms with E-state index in [1.165, 1.54) is 16.7 Å². The van der Waals surface area contributed by atoms with E-state index < -0.39 is 35.0 Å². The number of carbonyl (C=O) groups is 3. The molecule has 25 heavy (non-hydrogen) atoms. The summed E-state index contributed by atoms with van der Waals surface area (Å²) in [5.74, 6) is -2.60. The van der Waals surface area contributed by atoms with Gasteiger partial charge in [-0.3, -0.25) is 25.0 Å². The fourth-order valence-corrected chi connectivity index (χ4v) is 2.13. The fourth-order valence-electron chi connectivity index (χ4n) is 1.96. The molecule has 130 valence electrons. The zero-order chi connectivity index (χ0) is 18.6. The van der Waals surface area contributed by atoms with Gasteiger partial charge in [0.2, 0.25) is 0 Å². The van der Waals surface area contributed by atoms with Crippen molar-refractivity contribution in [2.75, 3.05) is 6.61 Å². The summed E-state index contributed by atoms with van der Waals surface area (Å²) in [5, 5.41) is 13.1. The molecule has 1 N–H and O–H groups in total. The van der Waals surface area contributed by atoms with Gasteiger partial charge in [-0.25, -0.2) is 4.79 Å². The van der Waals surface area contributed by atoms with Crippen molar-refractivity contribution in [3.8, 4) is 0 Å². The predicted molar refractivity (Wildman–Crippen MR) is 86.3 cm³/mol. The molecule has 1 aromatic carbocycles. The number of imide groups is 1. The molecule has 0 aliphatic carbocycles. The highest BCUT2D eigenvalue weighted by atomic mass is 35.5. The number of nitro benzene ring substituents is 1. The van der Waals surface area contributed by atoms with Crippen LogP contribution in [0.1, 0.15) is 20.8 Å². The molecule has 1 heterocycles. The highest BCUT2D eigenvalue weighted by Crippen LogP contribution is 2.23. The molecule has 0 bridgehead atoms. The number of amides is 2. The average Bonchev–Trinajstić information content (AvgIpc) is 2.98. The van der Waals surface area contributed by atoms with E-state index in [-0.39, 0.29) is 16.3 Å². The Labute approximate surface area is 146 Å². The van der Waals surface area contributed by atoms with Crippen molar-refractivity contribution in [1.29, 1.82) is 0 Å². The number of benzene rings is 1. The maximum Gasteiger partial charge on any atom is 0.345 e. The van der Waals surface area contributed by atoms with E-state index in [9.17, 15) is 24.5 Å². The first-order valence-electron chi connectivity index (χ1n) is 6.86. The molecule has 2 amide bonds. The van der Waals surface area contributed by atoms with Crippen LogP contribution in [0.25, 0.3) is 0 Å². The topological polar surface area (TPSA) is 121 Å². The molecule has 0 aliphatic heterocycles. The number of hydrogen-bond acceptors (Lipinski definition) is 6. The Morgan fingerprint density at radius 1 is 1.32 bits per heavy atom. The summed E-state index contributed by atoms with van der Waals surface area (Å²) in [7, 11) is 1.62. The highest BCUT2D eigenvalue weighted by molar-refractivity contribution is 6.31. The van der Waals surface area contributed by atoms with Crippen molar-refractivity contribution in [2.45, 2.75) is 0 Å². The first-order chi connectivity index (χ1) is 11.8.